The second-order valence-corrected chi connectivity index (χ2v) is 8.45. The molecular formula is C24H29N5O3S. The van der Waals surface area contributed by atoms with Gasteiger partial charge in [0.25, 0.3) is 5.91 Å². The number of hydrogen-bond acceptors (Lipinski definition) is 8. The summed E-state index contributed by atoms with van der Waals surface area (Å²) in [6, 6.07) is 8.53. The molecule has 1 fully saturated rings. The molecule has 1 amide bonds. The van der Waals surface area contributed by atoms with Crippen LogP contribution in [0.5, 0.6) is 11.6 Å². The van der Waals surface area contributed by atoms with Crippen molar-refractivity contribution in [3.8, 4) is 11.6 Å². The molecule has 1 aliphatic heterocycles. The van der Waals surface area contributed by atoms with Gasteiger partial charge in [-0.15, -0.1) is 12.6 Å². The Morgan fingerprint density at radius 3 is 2.55 bits per heavy atom. The fraction of sp³-hybridized carbons (Fsp3) is 0.292. The Bertz CT molecular complexity index is 1100. The predicted molar refractivity (Wildman–Crippen MR) is 132 cm³/mol. The minimum atomic E-state index is -0.275. The van der Waals surface area contributed by atoms with Gasteiger partial charge in [-0.05, 0) is 42.5 Å². The Labute approximate surface area is 199 Å². The molecule has 174 valence electrons. The van der Waals surface area contributed by atoms with Crippen LogP contribution in [-0.2, 0) is 11.3 Å². The van der Waals surface area contributed by atoms with Gasteiger partial charge in [0.1, 0.15) is 5.75 Å². The van der Waals surface area contributed by atoms with Crippen LogP contribution in [0.15, 0.2) is 53.5 Å². The fourth-order valence-electron chi connectivity index (χ4n) is 3.60. The Hall–Kier alpha value is -3.30. The number of allylic oxidation sites excluding steroid dienone is 4. The summed E-state index contributed by atoms with van der Waals surface area (Å²) in [7, 11) is 0. The van der Waals surface area contributed by atoms with E-state index in [-0.39, 0.29) is 34.8 Å². The Kier molecular flexibility index (Phi) is 8.13. The average Bonchev–Trinajstić information content (AvgIpc) is 2.77. The van der Waals surface area contributed by atoms with E-state index in [9.17, 15) is 15.0 Å². The molecule has 1 aromatic carbocycles. The van der Waals surface area contributed by atoms with E-state index < -0.39 is 0 Å². The lowest BCUT2D eigenvalue weighted by Crippen LogP contribution is -2.48. The van der Waals surface area contributed by atoms with Crippen LogP contribution in [0.3, 0.4) is 0 Å². The van der Waals surface area contributed by atoms with Gasteiger partial charge in [-0.3, -0.25) is 9.69 Å². The molecule has 0 atom stereocenters. The SMILES string of the molecule is C/C=C\C=C(/N)c1nc(O)cc(/C(C(=O)N2CCN(Cc3cccc(O)c3)CC2)=C(/C)S)n1. The highest BCUT2D eigenvalue weighted by molar-refractivity contribution is 7.84. The van der Waals surface area contributed by atoms with Crippen molar-refractivity contribution in [1.29, 1.82) is 0 Å². The quantitative estimate of drug-likeness (QED) is 0.293. The summed E-state index contributed by atoms with van der Waals surface area (Å²) in [5.74, 6) is -0.102. The first-order valence-electron chi connectivity index (χ1n) is 10.6. The van der Waals surface area contributed by atoms with Crippen LogP contribution >= 0.6 is 12.6 Å². The van der Waals surface area contributed by atoms with Crippen LogP contribution in [-0.4, -0.2) is 62.1 Å². The Morgan fingerprint density at radius 1 is 1.18 bits per heavy atom. The highest BCUT2D eigenvalue weighted by Gasteiger charge is 2.27. The van der Waals surface area contributed by atoms with E-state index in [1.165, 1.54) is 6.07 Å². The number of nitrogens with two attached hydrogens (primary N) is 1. The molecule has 2 aromatic rings. The van der Waals surface area contributed by atoms with E-state index in [0.29, 0.717) is 43.2 Å². The Balaban J connectivity index is 1.75. The molecule has 0 saturated carbocycles. The van der Waals surface area contributed by atoms with Gasteiger partial charge in [-0.25, -0.2) is 4.98 Å². The molecule has 0 aliphatic carbocycles. The van der Waals surface area contributed by atoms with E-state index in [2.05, 4.69) is 27.5 Å². The van der Waals surface area contributed by atoms with Gasteiger partial charge in [-0.2, -0.15) is 4.98 Å². The maximum absolute atomic E-state index is 13.4. The fourth-order valence-corrected chi connectivity index (χ4v) is 3.81. The number of amides is 1. The van der Waals surface area contributed by atoms with Crippen molar-refractivity contribution >= 4 is 29.8 Å². The van der Waals surface area contributed by atoms with Crippen LogP contribution in [0, 0.1) is 0 Å². The van der Waals surface area contributed by atoms with Crippen molar-refractivity contribution in [3.63, 3.8) is 0 Å². The third-order valence-electron chi connectivity index (χ3n) is 5.25. The summed E-state index contributed by atoms with van der Waals surface area (Å²) >= 11 is 4.43. The number of carbonyl (C=O) groups excluding carboxylic acids is 1. The zero-order valence-corrected chi connectivity index (χ0v) is 19.7. The summed E-state index contributed by atoms with van der Waals surface area (Å²) in [5.41, 5.74) is 7.89. The van der Waals surface area contributed by atoms with Crippen LogP contribution in [0.2, 0.25) is 0 Å². The van der Waals surface area contributed by atoms with Crippen molar-refractivity contribution < 1.29 is 15.0 Å². The number of phenolic OH excluding ortho intramolecular Hbond substituents is 1. The third-order valence-corrected chi connectivity index (χ3v) is 5.47. The van der Waals surface area contributed by atoms with Gasteiger partial charge in [0.2, 0.25) is 5.88 Å². The first-order chi connectivity index (χ1) is 15.8. The number of phenols is 1. The molecule has 0 spiro atoms. The number of aromatic hydroxyl groups is 2. The van der Waals surface area contributed by atoms with Crippen molar-refractivity contribution in [1.82, 2.24) is 19.8 Å². The van der Waals surface area contributed by atoms with Gasteiger partial charge >= 0.3 is 0 Å². The molecule has 1 saturated heterocycles. The minimum Gasteiger partial charge on any atom is -0.508 e. The zero-order valence-electron chi connectivity index (χ0n) is 18.8. The van der Waals surface area contributed by atoms with Gasteiger partial charge in [-0.1, -0.05) is 24.3 Å². The molecule has 9 heteroatoms. The first-order valence-corrected chi connectivity index (χ1v) is 11.1. The summed E-state index contributed by atoms with van der Waals surface area (Å²) < 4.78 is 0. The summed E-state index contributed by atoms with van der Waals surface area (Å²) in [6.45, 7) is 6.73. The van der Waals surface area contributed by atoms with Crippen molar-refractivity contribution in [3.05, 3.63) is 70.5 Å². The number of piperazine rings is 1. The number of nitrogens with zero attached hydrogens (tertiary/aromatic N) is 4. The molecule has 4 N–H and O–H groups in total. The van der Waals surface area contributed by atoms with E-state index in [0.717, 1.165) is 5.56 Å². The lowest BCUT2D eigenvalue weighted by atomic mass is 10.1. The number of aromatic nitrogens is 2. The zero-order chi connectivity index (χ0) is 24.0. The van der Waals surface area contributed by atoms with E-state index in [1.807, 2.05) is 25.1 Å². The number of hydrogen-bond donors (Lipinski definition) is 4. The lowest BCUT2D eigenvalue weighted by molar-refractivity contribution is -0.126. The maximum Gasteiger partial charge on any atom is 0.256 e. The monoisotopic (exact) mass is 467 g/mol. The minimum absolute atomic E-state index is 0.138. The highest BCUT2D eigenvalue weighted by atomic mass is 32.1. The van der Waals surface area contributed by atoms with Crippen LogP contribution < -0.4 is 5.73 Å². The summed E-state index contributed by atoms with van der Waals surface area (Å²) in [4.78, 5) is 26.3. The first kappa shape index (κ1) is 24.3. The number of rotatable bonds is 6. The van der Waals surface area contributed by atoms with E-state index >= 15 is 0 Å². The van der Waals surface area contributed by atoms with Crippen molar-refractivity contribution in [2.24, 2.45) is 5.73 Å². The molecule has 3 rings (SSSR count). The topological polar surface area (TPSA) is 116 Å². The normalized spacial score (nSPS) is 16.2. The number of carbonyl (C=O) groups is 1. The molecular weight excluding hydrogens is 438 g/mol. The predicted octanol–water partition coefficient (Wildman–Crippen LogP) is 2.77. The third kappa shape index (κ3) is 6.36. The summed E-state index contributed by atoms with van der Waals surface area (Å²) in [5, 5.41) is 19.8. The molecule has 8 nitrogen and oxygen atoms in total. The standard InChI is InChI=1S/C24H29N5O3S/c1-3-4-8-19(25)23-26-20(14-21(31)27-23)22(16(2)33)24(32)29-11-9-28(10-12-29)15-17-6-5-7-18(30)13-17/h3-8,13-14,30,33H,9-12,15,25H2,1-2H3,(H,26,27,31)/b4-3-,19-8-,22-16+. The van der Waals surface area contributed by atoms with Crippen LogP contribution in [0.1, 0.15) is 30.9 Å². The molecule has 0 radical (unpaired) electrons. The number of benzene rings is 1. The van der Waals surface area contributed by atoms with Crippen LogP contribution in [0.25, 0.3) is 11.3 Å². The second-order valence-electron chi connectivity index (χ2n) is 7.78. The second kappa shape index (κ2) is 11.0. The molecule has 1 aromatic heterocycles. The Morgan fingerprint density at radius 2 is 1.91 bits per heavy atom. The van der Waals surface area contributed by atoms with E-state index in [1.54, 1.807) is 36.1 Å². The molecule has 2 heterocycles. The smallest absolute Gasteiger partial charge is 0.256 e. The van der Waals surface area contributed by atoms with Gasteiger partial charge in [0, 0.05) is 38.8 Å². The molecule has 0 bridgehead atoms. The molecule has 0 unspecified atom stereocenters. The van der Waals surface area contributed by atoms with Gasteiger partial charge < -0.3 is 20.8 Å². The molecule has 1 aliphatic rings. The largest absolute Gasteiger partial charge is 0.508 e. The van der Waals surface area contributed by atoms with Crippen molar-refractivity contribution in [2.45, 2.75) is 20.4 Å². The number of thiol groups is 1. The summed E-state index contributed by atoms with van der Waals surface area (Å²) in [6.07, 6.45) is 5.18. The van der Waals surface area contributed by atoms with Crippen molar-refractivity contribution in [2.75, 3.05) is 26.2 Å². The highest BCUT2D eigenvalue weighted by Crippen LogP contribution is 2.26. The van der Waals surface area contributed by atoms with E-state index in [4.69, 9.17) is 5.73 Å². The average molecular weight is 468 g/mol. The van der Waals surface area contributed by atoms with Gasteiger partial charge in [0.05, 0.1) is 17.0 Å². The lowest BCUT2D eigenvalue weighted by Gasteiger charge is -2.35. The molecule has 33 heavy (non-hydrogen) atoms. The maximum atomic E-state index is 13.4. The van der Waals surface area contributed by atoms with Gasteiger partial charge in [0.15, 0.2) is 5.82 Å². The van der Waals surface area contributed by atoms with Crippen LogP contribution in [0.4, 0.5) is 0 Å².